The van der Waals surface area contributed by atoms with E-state index in [0.717, 1.165) is 6.07 Å². The first-order chi connectivity index (χ1) is 14.6. The second kappa shape index (κ2) is 7.41. The topological polar surface area (TPSA) is 136 Å². The van der Waals surface area contributed by atoms with Gasteiger partial charge in [-0.25, -0.2) is 9.78 Å². The second-order valence-electron chi connectivity index (χ2n) is 7.36. The Bertz CT molecular complexity index is 1040. The molecule has 1 spiro atoms. The monoisotopic (exact) mass is 440 g/mol. The molecule has 0 saturated carbocycles. The molecule has 13 heteroatoms. The lowest BCUT2D eigenvalue weighted by molar-refractivity contribution is -0.137. The molecular weight excluding hydrogens is 421 g/mol. The molecule has 2 aliphatic rings. The highest BCUT2D eigenvalue weighted by Crippen LogP contribution is 2.40. The molecule has 31 heavy (non-hydrogen) atoms. The predicted octanol–water partition coefficient (Wildman–Crippen LogP) is 1.27. The number of pyridine rings is 1. The molecule has 2 aliphatic heterocycles. The quantitative estimate of drug-likeness (QED) is 0.654. The molecule has 0 bridgehead atoms. The molecule has 2 amide bonds. The van der Waals surface area contributed by atoms with Crippen molar-refractivity contribution in [2.75, 3.05) is 32.0 Å². The number of nitrogen functional groups attached to an aromatic ring is 1. The Morgan fingerprint density at radius 1 is 1.32 bits per heavy atom. The van der Waals surface area contributed by atoms with Crippen molar-refractivity contribution < 1.29 is 32.6 Å². The summed E-state index contributed by atoms with van der Waals surface area (Å²) in [6, 6.07) is 2.54. The van der Waals surface area contributed by atoms with Gasteiger partial charge < -0.3 is 25.8 Å². The predicted molar refractivity (Wildman–Crippen MR) is 99.7 cm³/mol. The third kappa shape index (κ3) is 3.87. The number of nitrogens with zero attached hydrogens (tertiary/aromatic N) is 4. The molecule has 1 saturated heterocycles. The fourth-order valence-electron chi connectivity index (χ4n) is 3.92. The first-order valence-electron chi connectivity index (χ1n) is 9.39. The second-order valence-corrected chi connectivity index (χ2v) is 7.36. The van der Waals surface area contributed by atoms with Crippen LogP contribution in [0.3, 0.4) is 0 Å². The minimum absolute atomic E-state index is 0.162. The van der Waals surface area contributed by atoms with Gasteiger partial charge in [-0.15, -0.1) is 0 Å². The third-order valence-corrected chi connectivity index (χ3v) is 5.42. The molecule has 2 aromatic rings. The normalized spacial score (nSPS) is 20.7. The number of hydrogen-bond donors (Lipinski definition) is 3. The Balaban J connectivity index is 1.62. The number of nitrogens with two attached hydrogens (primary N) is 1. The summed E-state index contributed by atoms with van der Waals surface area (Å²) in [5.74, 6) is -1.00. The lowest BCUT2D eigenvalue weighted by Crippen LogP contribution is -2.44. The van der Waals surface area contributed by atoms with Gasteiger partial charge in [0.15, 0.2) is 0 Å². The number of ether oxygens (including phenoxy) is 1. The van der Waals surface area contributed by atoms with E-state index in [1.807, 2.05) is 5.32 Å². The van der Waals surface area contributed by atoms with Crippen LogP contribution in [-0.2, 0) is 27.9 Å². The van der Waals surface area contributed by atoms with Crippen molar-refractivity contribution >= 4 is 17.8 Å². The number of fused-ring (bicyclic) bond motifs is 2. The number of likely N-dealkylation sites (tertiary alicyclic amines) is 1. The standard InChI is InChI=1S/C18H19F3N6O4/c19-18(20,21)11-5-10(7-23-15(11)22)12-6-13-17(31-4-3-27(13)25-12)1-2-26(9-17)14(28)8-24-16(29)30/h5-7,24H,1-4,8-9H2,(H2,22,23)(H,29,30). The molecule has 166 valence electrons. The minimum Gasteiger partial charge on any atom is -0.465 e. The van der Waals surface area contributed by atoms with Crippen molar-refractivity contribution in [2.24, 2.45) is 0 Å². The van der Waals surface area contributed by atoms with Crippen LogP contribution in [0.1, 0.15) is 17.7 Å². The van der Waals surface area contributed by atoms with Crippen LogP contribution < -0.4 is 11.1 Å². The maximum absolute atomic E-state index is 13.2. The molecule has 4 rings (SSSR count). The Hall–Kier alpha value is -3.35. The summed E-state index contributed by atoms with van der Waals surface area (Å²) in [4.78, 5) is 28.0. The number of amides is 2. The van der Waals surface area contributed by atoms with Crippen LogP contribution in [0.25, 0.3) is 11.3 Å². The van der Waals surface area contributed by atoms with Gasteiger partial charge in [0, 0.05) is 24.7 Å². The van der Waals surface area contributed by atoms with Crippen LogP contribution >= 0.6 is 0 Å². The van der Waals surface area contributed by atoms with Crippen molar-refractivity contribution in [1.29, 1.82) is 0 Å². The van der Waals surface area contributed by atoms with Crippen LogP contribution in [0.5, 0.6) is 0 Å². The van der Waals surface area contributed by atoms with Gasteiger partial charge in [0.2, 0.25) is 5.91 Å². The summed E-state index contributed by atoms with van der Waals surface area (Å²) < 4.78 is 47.3. The highest BCUT2D eigenvalue weighted by atomic mass is 19.4. The number of nitrogens with one attached hydrogen (secondary N) is 1. The number of carboxylic acid groups (broad SMARTS) is 1. The van der Waals surface area contributed by atoms with E-state index in [-0.39, 0.29) is 24.3 Å². The highest BCUT2D eigenvalue weighted by molar-refractivity contribution is 5.82. The summed E-state index contributed by atoms with van der Waals surface area (Å²) in [6.07, 6.45) is -4.26. The third-order valence-electron chi connectivity index (χ3n) is 5.42. The fourth-order valence-corrected chi connectivity index (χ4v) is 3.92. The van der Waals surface area contributed by atoms with Gasteiger partial charge in [0.05, 0.1) is 36.6 Å². The van der Waals surface area contributed by atoms with E-state index in [1.165, 1.54) is 11.1 Å². The molecule has 4 N–H and O–H groups in total. The summed E-state index contributed by atoms with van der Waals surface area (Å²) in [5.41, 5.74) is 4.56. The molecule has 1 unspecified atom stereocenters. The summed E-state index contributed by atoms with van der Waals surface area (Å²) in [5, 5.41) is 15.1. The largest absolute Gasteiger partial charge is 0.465 e. The molecule has 0 aromatic carbocycles. The molecule has 2 aromatic heterocycles. The fraction of sp³-hybridized carbons (Fsp3) is 0.444. The number of anilines is 1. The van der Waals surface area contributed by atoms with E-state index in [9.17, 15) is 22.8 Å². The summed E-state index contributed by atoms with van der Waals surface area (Å²) in [7, 11) is 0. The van der Waals surface area contributed by atoms with Gasteiger partial charge >= 0.3 is 12.3 Å². The summed E-state index contributed by atoms with van der Waals surface area (Å²) >= 11 is 0. The van der Waals surface area contributed by atoms with E-state index in [2.05, 4.69) is 10.1 Å². The number of carbonyl (C=O) groups is 2. The van der Waals surface area contributed by atoms with Crippen LogP contribution in [-0.4, -0.2) is 63.0 Å². The van der Waals surface area contributed by atoms with Crippen LogP contribution in [0.2, 0.25) is 0 Å². The average Bonchev–Trinajstić information content (AvgIpc) is 3.32. The lowest BCUT2D eigenvalue weighted by atomic mass is 9.96. The Morgan fingerprint density at radius 3 is 2.81 bits per heavy atom. The average molecular weight is 440 g/mol. The highest BCUT2D eigenvalue weighted by Gasteiger charge is 2.46. The maximum atomic E-state index is 13.2. The number of aromatic nitrogens is 3. The minimum atomic E-state index is -4.65. The van der Waals surface area contributed by atoms with Crippen molar-refractivity contribution in [3.63, 3.8) is 0 Å². The smallest absolute Gasteiger partial charge is 0.419 e. The van der Waals surface area contributed by atoms with Gasteiger partial charge in [-0.2, -0.15) is 18.3 Å². The Labute approximate surface area is 173 Å². The van der Waals surface area contributed by atoms with Crippen molar-refractivity contribution in [1.82, 2.24) is 25.0 Å². The molecule has 0 aliphatic carbocycles. The van der Waals surface area contributed by atoms with E-state index < -0.39 is 35.2 Å². The van der Waals surface area contributed by atoms with Crippen molar-refractivity contribution in [3.8, 4) is 11.3 Å². The van der Waals surface area contributed by atoms with Crippen LogP contribution in [0.4, 0.5) is 23.8 Å². The van der Waals surface area contributed by atoms with Crippen molar-refractivity contribution in [2.45, 2.75) is 24.7 Å². The van der Waals surface area contributed by atoms with Gasteiger partial charge in [-0.05, 0) is 12.1 Å². The molecule has 1 fully saturated rings. The van der Waals surface area contributed by atoms with Crippen LogP contribution in [0.15, 0.2) is 18.3 Å². The lowest BCUT2D eigenvalue weighted by Gasteiger charge is -2.34. The molecule has 4 heterocycles. The first kappa shape index (κ1) is 20.9. The first-order valence-corrected chi connectivity index (χ1v) is 9.39. The maximum Gasteiger partial charge on any atom is 0.419 e. The zero-order valence-electron chi connectivity index (χ0n) is 16.1. The molecule has 0 radical (unpaired) electrons. The number of alkyl halides is 3. The van der Waals surface area contributed by atoms with E-state index in [0.29, 0.717) is 31.8 Å². The Kier molecular flexibility index (Phi) is 5.00. The van der Waals surface area contributed by atoms with E-state index in [1.54, 1.807) is 10.7 Å². The molecule has 1 atom stereocenters. The van der Waals surface area contributed by atoms with Gasteiger partial charge in [-0.1, -0.05) is 0 Å². The Morgan fingerprint density at radius 2 is 2.10 bits per heavy atom. The number of halogens is 3. The van der Waals surface area contributed by atoms with Gasteiger partial charge in [0.25, 0.3) is 0 Å². The summed E-state index contributed by atoms with van der Waals surface area (Å²) in [6.45, 7) is 0.902. The van der Waals surface area contributed by atoms with Gasteiger partial charge in [0.1, 0.15) is 18.0 Å². The van der Waals surface area contributed by atoms with Crippen LogP contribution in [0, 0.1) is 0 Å². The zero-order valence-corrected chi connectivity index (χ0v) is 16.1. The SMILES string of the molecule is Nc1ncc(-c2cc3n(n2)CCOC32CCN(C(=O)CNC(=O)O)C2)cc1C(F)(F)F. The zero-order chi connectivity index (χ0) is 22.4. The molecule has 10 nitrogen and oxygen atoms in total. The van der Waals surface area contributed by atoms with Gasteiger partial charge in [-0.3, -0.25) is 9.48 Å². The number of rotatable bonds is 3. The van der Waals surface area contributed by atoms with E-state index >= 15 is 0 Å². The molecular formula is C18H19F3N6O4. The number of carbonyl (C=O) groups excluding carboxylic acids is 1. The number of hydrogen-bond acceptors (Lipinski definition) is 6. The van der Waals surface area contributed by atoms with Crippen molar-refractivity contribution in [3.05, 3.63) is 29.6 Å². The van der Waals surface area contributed by atoms with E-state index in [4.69, 9.17) is 15.6 Å².